The normalized spacial score (nSPS) is 15.3. The van der Waals surface area contributed by atoms with Crippen LogP contribution in [0.25, 0.3) is 10.2 Å². The van der Waals surface area contributed by atoms with Gasteiger partial charge in [0.05, 0.1) is 22.9 Å². The molecule has 0 amide bonds. The standard InChI is InChI=1S/C16H19N3OS2/c1-11(8-17-3)9-18-10-14(20)12(2)21-16-19-13-6-4-5-7-15(13)22-16/h4-9,12,14,20H,3,10H2,1-2H3/b11-8-,18-9?. The lowest BCUT2D eigenvalue weighted by Crippen LogP contribution is -2.23. The van der Waals surface area contributed by atoms with Gasteiger partial charge in [-0.15, -0.1) is 11.3 Å². The molecule has 22 heavy (non-hydrogen) atoms. The predicted molar refractivity (Wildman–Crippen MR) is 97.6 cm³/mol. The maximum Gasteiger partial charge on any atom is 0.151 e. The van der Waals surface area contributed by atoms with Crippen LogP contribution in [0.3, 0.4) is 0 Å². The maximum absolute atomic E-state index is 10.2. The van der Waals surface area contributed by atoms with Gasteiger partial charge < -0.3 is 5.11 Å². The van der Waals surface area contributed by atoms with Crippen LogP contribution in [0.4, 0.5) is 0 Å². The topological polar surface area (TPSA) is 57.8 Å². The first-order valence-corrected chi connectivity index (χ1v) is 8.62. The van der Waals surface area contributed by atoms with Crippen molar-refractivity contribution in [2.75, 3.05) is 6.54 Å². The number of rotatable bonds is 7. The van der Waals surface area contributed by atoms with Gasteiger partial charge in [-0.3, -0.25) is 9.98 Å². The molecule has 0 spiro atoms. The molecule has 1 aromatic carbocycles. The summed E-state index contributed by atoms with van der Waals surface area (Å²) >= 11 is 3.24. The van der Waals surface area contributed by atoms with Crippen LogP contribution in [0, 0.1) is 0 Å². The quantitative estimate of drug-likeness (QED) is 0.619. The molecule has 2 rings (SSSR count). The Labute approximate surface area is 138 Å². The molecule has 0 aliphatic carbocycles. The van der Waals surface area contributed by atoms with Gasteiger partial charge in [0.25, 0.3) is 0 Å². The van der Waals surface area contributed by atoms with Crippen molar-refractivity contribution in [3.63, 3.8) is 0 Å². The number of aliphatic hydroxyl groups excluding tert-OH is 1. The molecule has 0 aliphatic rings. The minimum Gasteiger partial charge on any atom is -0.390 e. The highest BCUT2D eigenvalue weighted by atomic mass is 32.2. The highest BCUT2D eigenvalue weighted by Crippen LogP contribution is 2.32. The van der Waals surface area contributed by atoms with E-state index in [1.54, 1.807) is 35.5 Å². The van der Waals surface area contributed by atoms with Crippen LogP contribution in [0.2, 0.25) is 0 Å². The largest absolute Gasteiger partial charge is 0.390 e. The monoisotopic (exact) mass is 333 g/mol. The Morgan fingerprint density at radius 3 is 3.00 bits per heavy atom. The second kappa shape index (κ2) is 8.22. The van der Waals surface area contributed by atoms with Crippen LogP contribution in [0.5, 0.6) is 0 Å². The number of thiazole rings is 1. The molecular weight excluding hydrogens is 314 g/mol. The molecule has 6 heteroatoms. The lowest BCUT2D eigenvalue weighted by atomic mass is 10.3. The zero-order chi connectivity index (χ0) is 15.9. The fourth-order valence-corrected chi connectivity index (χ4v) is 4.10. The summed E-state index contributed by atoms with van der Waals surface area (Å²) in [4.78, 5) is 12.5. The highest BCUT2D eigenvalue weighted by molar-refractivity contribution is 8.01. The number of thioether (sulfide) groups is 1. The number of aliphatic hydroxyl groups is 1. The van der Waals surface area contributed by atoms with Gasteiger partial charge in [-0.05, 0) is 31.3 Å². The zero-order valence-electron chi connectivity index (χ0n) is 12.6. The number of hydrogen-bond donors (Lipinski definition) is 1. The fraction of sp³-hybridized carbons (Fsp3) is 0.312. The van der Waals surface area contributed by atoms with Crippen molar-refractivity contribution in [2.24, 2.45) is 9.98 Å². The molecule has 1 N–H and O–H groups in total. The van der Waals surface area contributed by atoms with Gasteiger partial charge in [-0.25, -0.2) is 4.98 Å². The zero-order valence-corrected chi connectivity index (χ0v) is 14.3. The summed E-state index contributed by atoms with van der Waals surface area (Å²) in [5.41, 5.74) is 1.92. The van der Waals surface area contributed by atoms with Crippen LogP contribution < -0.4 is 0 Å². The molecular formula is C16H19N3OS2. The van der Waals surface area contributed by atoms with Gasteiger partial charge >= 0.3 is 0 Å². The minimum absolute atomic E-state index is 0.0273. The average molecular weight is 333 g/mol. The number of fused-ring (bicyclic) bond motifs is 1. The van der Waals surface area contributed by atoms with E-state index in [0.717, 1.165) is 15.4 Å². The van der Waals surface area contributed by atoms with Gasteiger partial charge in [-0.1, -0.05) is 30.8 Å². The van der Waals surface area contributed by atoms with Crippen LogP contribution in [0.1, 0.15) is 13.8 Å². The Kier molecular flexibility index (Phi) is 6.30. The van der Waals surface area contributed by atoms with E-state index in [9.17, 15) is 5.11 Å². The summed E-state index contributed by atoms with van der Waals surface area (Å²) in [6.07, 6.45) is 2.82. The molecule has 2 aromatic rings. The molecule has 116 valence electrons. The fourth-order valence-electron chi connectivity index (χ4n) is 1.77. The number of benzene rings is 1. The number of para-hydroxylation sites is 1. The van der Waals surface area contributed by atoms with Crippen LogP contribution in [0.15, 0.2) is 50.4 Å². The molecule has 2 atom stereocenters. The lowest BCUT2D eigenvalue weighted by Gasteiger charge is -2.14. The van der Waals surface area contributed by atoms with E-state index >= 15 is 0 Å². The Bertz CT molecular complexity index is 661. The maximum atomic E-state index is 10.2. The Hall–Kier alpha value is -1.50. The SMILES string of the molecule is C=N/C=C(/C)C=NCC(O)C(C)Sc1nc2ccccc2s1. The van der Waals surface area contributed by atoms with Crippen LogP contribution in [-0.2, 0) is 0 Å². The van der Waals surface area contributed by atoms with Crippen molar-refractivity contribution in [2.45, 2.75) is 29.5 Å². The molecule has 0 fully saturated rings. The summed E-state index contributed by atoms with van der Waals surface area (Å²) in [6.45, 7) is 7.64. The van der Waals surface area contributed by atoms with Gasteiger partial charge in [0.15, 0.2) is 4.34 Å². The molecule has 1 heterocycles. The molecule has 0 radical (unpaired) electrons. The lowest BCUT2D eigenvalue weighted by molar-refractivity contribution is 0.185. The summed E-state index contributed by atoms with van der Waals surface area (Å²) < 4.78 is 2.14. The Balaban J connectivity index is 1.92. The first-order valence-electron chi connectivity index (χ1n) is 6.93. The highest BCUT2D eigenvalue weighted by Gasteiger charge is 2.17. The van der Waals surface area contributed by atoms with Crippen molar-refractivity contribution >= 4 is 46.2 Å². The third kappa shape index (κ3) is 4.76. The van der Waals surface area contributed by atoms with Gasteiger partial charge in [0.2, 0.25) is 0 Å². The summed E-state index contributed by atoms with van der Waals surface area (Å²) in [5.74, 6) is 0. The third-order valence-electron chi connectivity index (χ3n) is 2.99. The van der Waals surface area contributed by atoms with Gasteiger partial charge in [0, 0.05) is 17.7 Å². The Morgan fingerprint density at radius 1 is 1.50 bits per heavy atom. The number of hydrogen-bond acceptors (Lipinski definition) is 6. The van der Waals surface area contributed by atoms with Gasteiger partial charge in [-0.2, -0.15) is 0 Å². The number of aliphatic imine (C=N–C) groups is 2. The molecule has 2 unspecified atom stereocenters. The average Bonchev–Trinajstić information content (AvgIpc) is 2.89. The van der Waals surface area contributed by atoms with Crippen LogP contribution in [-0.4, -0.2) is 40.9 Å². The smallest absolute Gasteiger partial charge is 0.151 e. The van der Waals surface area contributed by atoms with Crippen molar-refractivity contribution in [3.8, 4) is 0 Å². The molecule has 0 saturated heterocycles. The van der Waals surface area contributed by atoms with E-state index in [-0.39, 0.29) is 5.25 Å². The van der Waals surface area contributed by atoms with E-state index in [1.807, 2.05) is 32.0 Å². The minimum atomic E-state index is -0.516. The molecule has 0 saturated carbocycles. The number of aromatic nitrogens is 1. The Morgan fingerprint density at radius 2 is 2.27 bits per heavy atom. The summed E-state index contributed by atoms with van der Waals surface area (Å²) in [5, 5.41) is 10.2. The predicted octanol–water partition coefficient (Wildman–Crippen LogP) is 3.81. The van der Waals surface area contributed by atoms with E-state index in [2.05, 4.69) is 27.8 Å². The number of allylic oxidation sites excluding steroid dienone is 1. The van der Waals surface area contributed by atoms with Crippen molar-refractivity contribution < 1.29 is 5.11 Å². The summed E-state index contributed by atoms with van der Waals surface area (Å²) in [7, 11) is 0. The molecule has 0 bridgehead atoms. The third-order valence-corrected chi connectivity index (χ3v) is 5.33. The van der Waals surface area contributed by atoms with E-state index in [4.69, 9.17) is 0 Å². The van der Waals surface area contributed by atoms with E-state index in [0.29, 0.717) is 6.54 Å². The van der Waals surface area contributed by atoms with E-state index in [1.165, 1.54) is 4.70 Å². The van der Waals surface area contributed by atoms with Crippen molar-refractivity contribution in [1.29, 1.82) is 0 Å². The molecule has 1 aromatic heterocycles. The summed E-state index contributed by atoms with van der Waals surface area (Å²) in [6, 6.07) is 8.06. The van der Waals surface area contributed by atoms with Crippen molar-refractivity contribution in [3.05, 3.63) is 36.0 Å². The second-order valence-corrected chi connectivity index (χ2v) is 7.54. The number of nitrogens with zero attached hydrogens (tertiary/aromatic N) is 3. The first-order chi connectivity index (χ1) is 10.6. The van der Waals surface area contributed by atoms with Gasteiger partial charge in [0.1, 0.15) is 0 Å². The molecule has 4 nitrogen and oxygen atoms in total. The molecule has 0 aliphatic heterocycles. The van der Waals surface area contributed by atoms with E-state index < -0.39 is 6.10 Å². The second-order valence-electron chi connectivity index (χ2n) is 4.89. The first kappa shape index (κ1) is 16.9. The van der Waals surface area contributed by atoms with Crippen molar-refractivity contribution in [1.82, 2.24) is 4.98 Å². The van der Waals surface area contributed by atoms with Crippen LogP contribution >= 0.6 is 23.1 Å².